The summed E-state index contributed by atoms with van der Waals surface area (Å²) in [5, 5.41) is 10.5. The monoisotopic (exact) mass is 1240 g/mol. The summed E-state index contributed by atoms with van der Waals surface area (Å²) in [6, 6.07) is 0. The van der Waals surface area contributed by atoms with Crippen LogP contribution in [0.5, 0.6) is 0 Å². The third kappa shape index (κ3) is 55.4. The number of phosphoric acid groups is 2. The summed E-state index contributed by atoms with van der Waals surface area (Å²) in [5.74, 6) is 0.834. The van der Waals surface area contributed by atoms with Crippen LogP contribution in [0.2, 0.25) is 0 Å². The molecule has 0 radical (unpaired) electrons. The van der Waals surface area contributed by atoms with Crippen molar-refractivity contribution in [3.05, 3.63) is 0 Å². The molecule has 5 unspecified atom stereocenters. The lowest BCUT2D eigenvalue weighted by molar-refractivity contribution is -0.161. The highest BCUT2D eigenvalue weighted by Crippen LogP contribution is 2.45. The van der Waals surface area contributed by atoms with E-state index in [9.17, 15) is 43.2 Å². The summed E-state index contributed by atoms with van der Waals surface area (Å²) in [5.41, 5.74) is 0. The number of esters is 4. The Kier molecular flexibility index (Phi) is 53.9. The minimum absolute atomic E-state index is 0.103. The van der Waals surface area contributed by atoms with Gasteiger partial charge in [0.15, 0.2) is 12.2 Å². The SMILES string of the molecule is CCC(C)CCCCCCCCCCC(=O)O[C@H](COC(=O)CCCCCCCCCC(C)C)COP(=O)(O)OC[C@@H](O)COP(=O)(O)OC[C@@H](COC(=O)CCCCCCCCC(C)CC)OC(=O)CCCCCCCCCCC(C)CC. The van der Waals surface area contributed by atoms with Crippen LogP contribution in [0.3, 0.4) is 0 Å². The summed E-state index contributed by atoms with van der Waals surface area (Å²) in [6.07, 6.45) is 34.8. The highest BCUT2D eigenvalue weighted by Gasteiger charge is 2.30. The zero-order valence-electron chi connectivity index (χ0n) is 54.5. The van der Waals surface area contributed by atoms with Crippen LogP contribution in [0.25, 0.3) is 0 Å². The molecule has 0 aliphatic rings. The zero-order chi connectivity index (χ0) is 62.5. The quantitative estimate of drug-likeness (QED) is 0.0222. The number of unbranched alkanes of at least 4 members (excludes halogenated alkanes) is 25. The Labute approximate surface area is 511 Å². The molecule has 0 saturated heterocycles. The van der Waals surface area contributed by atoms with Crippen molar-refractivity contribution in [1.82, 2.24) is 0 Å². The average molecular weight is 1240 g/mol. The Morgan fingerprint density at radius 3 is 0.845 bits per heavy atom. The van der Waals surface area contributed by atoms with E-state index in [1.54, 1.807) is 0 Å². The number of hydrogen-bond acceptors (Lipinski definition) is 15. The van der Waals surface area contributed by atoms with E-state index in [0.29, 0.717) is 31.6 Å². The van der Waals surface area contributed by atoms with Crippen LogP contribution in [-0.2, 0) is 65.4 Å². The maximum absolute atomic E-state index is 13.0. The lowest BCUT2D eigenvalue weighted by Gasteiger charge is -2.21. The third-order valence-corrected chi connectivity index (χ3v) is 17.8. The predicted molar refractivity (Wildman–Crippen MR) is 335 cm³/mol. The molecule has 0 aromatic carbocycles. The second-order valence-electron chi connectivity index (χ2n) is 24.7. The zero-order valence-corrected chi connectivity index (χ0v) is 56.3. The van der Waals surface area contributed by atoms with Crippen molar-refractivity contribution in [3.63, 3.8) is 0 Å². The molecule has 19 heteroatoms. The van der Waals surface area contributed by atoms with Gasteiger partial charge in [0.25, 0.3) is 0 Å². The molecule has 0 saturated carbocycles. The van der Waals surface area contributed by atoms with Gasteiger partial charge in [-0.2, -0.15) is 0 Å². The summed E-state index contributed by atoms with van der Waals surface area (Å²) >= 11 is 0. The normalized spacial score (nSPS) is 15.4. The maximum atomic E-state index is 13.0. The van der Waals surface area contributed by atoms with Gasteiger partial charge in [-0.15, -0.1) is 0 Å². The summed E-state index contributed by atoms with van der Waals surface area (Å²) in [7, 11) is -9.89. The van der Waals surface area contributed by atoms with Gasteiger partial charge in [0, 0.05) is 25.7 Å². The molecule has 0 rings (SSSR count). The van der Waals surface area contributed by atoms with Crippen molar-refractivity contribution in [2.75, 3.05) is 39.6 Å². The van der Waals surface area contributed by atoms with Crippen molar-refractivity contribution < 1.29 is 80.2 Å². The number of phosphoric ester groups is 2. The van der Waals surface area contributed by atoms with Gasteiger partial charge < -0.3 is 33.8 Å². The number of carbonyl (C=O) groups excluding carboxylic acids is 4. The molecular formula is C65H126O17P2. The molecular weight excluding hydrogens is 1110 g/mol. The Hall–Kier alpha value is -1.94. The van der Waals surface area contributed by atoms with Crippen LogP contribution in [0.4, 0.5) is 0 Å². The van der Waals surface area contributed by atoms with Crippen molar-refractivity contribution in [1.29, 1.82) is 0 Å². The molecule has 0 aliphatic carbocycles. The second-order valence-corrected chi connectivity index (χ2v) is 27.6. The van der Waals surface area contributed by atoms with Crippen molar-refractivity contribution in [3.8, 4) is 0 Å². The fourth-order valence-electron chi connectivity index (χ4n) is 9.51. The molecule has 0 heterocycles. The lowest BCUT2D eigenvalue weighted by Crippen LogP contribution is -2.30. The Bertz CT molecular complexity index is 1680. The Morgan fingerprint density at radius 1 is 0.333 bits per heavy atom. The Morgan fingerprint density at radius 2 is 0.571 bits per heavy atom. The number of rotatable bonds is 62. The topological polar surface area (TPSA) is 237 Å². The van der Waals surface area contributed by atoms with Crippen LogP contribution < -0.4 is 0 Å². The molecule has 3 N–H and O–H groups in total. The number of aliphatic hydroxyl groups excluding tert-OH is 1. The summed E-state index contributed by atoms with van der Waals surface area (Å²) < 4.78 is 68.0. The lowest BCUT2D eigenvalue weighted by atomic mass is 9.99. The van der Waals surface area contributed by atoms with E-state index >= 15 is 0 Å². The first kappa shape index (κ1) is 82.1. The largest absolute Gasteiger partial charge is 0.472 e. The molecule has 0 spiro atoms. The maximum Gasteiger partial charge on any atom is 0.472 e. The molecule has 0 fully saturated rings. The van der Waals surface area contributed by atoms with Crippen LogP contribution in [0.1, 0.15) is 312 Å². The first-order valence-corrected chi connectivity index (χ1v) is 36.8. The first-order valence-electron chi connectivity index (χ1n) is 33.8. The van der Waals surface area contributed by atoms with E-state index in [2.05, 4.69) is 55.4 Å². The van der Waals surface area contributed by atoms with Crippen LogP contribution in [0.15, 0.2) is 0 Å². The van der Waals surface area contributed by atoms with Gasteiger partial charge in [-0.25, -0.2) is 9.13 Å². The van der Waals surface area contributed by atoms with Gasteiger partial charge >= 0.3 is 39.5 Å². The van der Waals surface area contributed by atoms with E-state index in [4.69, 9.17) is 37.0 Å². The van der Waals surface area contributed by atoms with Gasteiger partial charge in [0.1, 0.15) is 19.3 Å². The van der Waals surface area contributed by atoms with E-state index < -0.39 is 97.5 Å². The van der Waals surface area contributed by atoms with E-state index in [1.807, 2.05) is 0 Å². The van der Waals surface area contributed by atoms with Gasteiger partial charge in [-0.1, -0.05) is 261 Å². The highest BCUT2D eigenvalue weighted by atomic mass is 31.2. The van der Waals surface area contributed by atoms with Crippen molar-refractivity contribution in [2.24, 2.45) is 23.7 Å². The summed E-state index contributed by atoms with van der Waals surface area (Å²) in [4.78, 5) is 72.3. The molecule has 498 valence electrons. The molecule has 0 aromatic heterocycles. The van der Waals surface area contributed by atoms with Crippen LogP contribution in [-0.4, -0.2) is 96.7 Å². The van der Waals surface area contributed by atoms with Crippen LogP contribution in [0, 0.1) is 23.7 Å². The number of ether oxygens (including phenoxy) is 4. The van der Waals surface area contributed by atoms with E-state index in [0.717, 1.165) is 120 Å². The van der Waals surface area contributed by atoms with Gasteiger partial charge in [-0.3, -0.25) is 37.3 Å². The van der Waals surface area contributed by atoms with Crippen LogP contribution >= 0.6 is 15.6 Å². The number of aliphatic hydroxyl groups is 1. The second kappa shape index (κ2) is 55.2. The van der Waals surface area contributed by atoms with Crippen molar-refractivity contribution >= 4 is 39.5 Å². The average Bonchev–Trinajstić information content (AvgIpc) is 3.60. The number of hydrogen-bond donors (Lipinski definition) is 3. The third-order valence-electron chi connectivity index (χ3n) is 15.9. The van der Waals surface area contributed by atoms with E-state index in [1.165, 1.54) is 103 Å². The fraction of sp³-hybridized carbons (Fsp3) is 0.938. The molecule has 0 aromatic rings. The first-order chi connectivity index (χ1) is 40.2. The van der Waals surface area contributed by atoms with Gasteiger partial charge in [0.2, 0.25) is 0 Å². The summed E-state index contributed by atoms with van der Waals surface area (Å²) in [6.45, 7) is 14.0. The van der Waals surface area contributed by atoms with Gasteiger partial charge in [-0.05, 0) is 49.4 Å². The van der Waals surface area contributed by atoms with Gasteiger partial charge in [0.05, 0.1) is 26.4 Å². The fourth-order valence-corrected chi connectivity index (χ4v) is 11.1. The highest BCUT2D eigenvalue weighted by molar-refractivity contribution is 7.47. The minimum atomic E-state index is -4.95. The molecule has 0 amide bonds. The molecule has 84 heavy (non-hydrogen) atoms. The van der Waals surface area contributed by atoms with E-state index in [-0.39, 0.29) is 25.7 Å². The molecule has 0 bridgehead atoms. The minimum Gasteiger partial charge on any atom is -0.462 e. The molecule has 17 nitrogen and oxygen atoms in total. The Balaban J connectivity index is 5.28. The van der Waals surface area contributed by atoms with Crippen molar-refractivity contribution in [2.45, 2.75) is 331 Å². The predicted octanol–water partition coefficient (Wildman–Crippen LogP) is 17.8. The standard InChI is InChI=1S/C65H126O17P2/c1-9-56(6)42-34-26-18-12-14-20-31-39-47-64(69)81-60(51-75-62(67)45-37-29-22-16-17-25-33-41-55(4)5)53-79-83(71,72)77-49-59(66)50-78-84(73,74)80-54-61(52-76-63(68)46-38-30-24-23-28-36-44-58(8)11-3)82-65(70)48-40-32-21-15-13-19-27-35-43-57(7)10-2/h55-61,66H,9-54H2,1-8H3,(H,71,72)(H,73,74)/t56?,57?,58?,59-,60-,61-/m1/s1. The number of carbonyl (C=O) groups is 4. The smallest absolute Gasteiger partial charge is 0.462 e. The molecule has 8 atom stereocenters. The molecule has 0 aliphatic heterocycles.